The molecular weight excluding hydrogens is 325 g/mol. The lowest BCUT2D eigenvalue weighted by molar-refractivity contribution is -0.111. The van der Waals surface area contributed by atoms with Crippen LogP contribution in [0.1, 0.15) is 5.56 Å². The Morgan fingerprint density at radius 2 is 2.04 bits per heavy atom. The van der Waals surface area contributed by atoms with Gasteiger partial charge in [0.2, 0.25) is 5.91 Å². The van der Waals surface area contributed by atoms with Crippen LogP contribution in [-0.2, 0) is 4.79 Å². The van der Waals surface area contributed by atoms with Crippen LogP contribution >= 0.6 is 0 Å². The van der Waals surface area contributed by atoms with E-state index in [0.717, 1.165) is 5.69 Å². The number of aromatic nitrogens is 4. The van der Waals surface area contributed by atoms with Gasteiger partial charge in [-0.3, -0.25) is 4.79 Å². The largest absolute Gasteiger partial charge is 0.494 e. The second-order valence-electron chi connectivity index (χ2n) is 5.02. The van der Waals surface area contributed by atoms with Gasteiger partial charge < -0.3 is 10.1 Å². The minimum atomic E-state index is -0.483. The smallest absolute Gasteiger partial charge is 0.248 e. The first kappa shape index (κ1) is 16.3. The summed E-state index contributed by atoms with van der Waals surface area (Å²) in [5, 5.41) is 13.6. The van der Waals surface area contributed by atoms with Gasteiger partial charge >= 0.3 is 0 Å². The molecule has 0 aliphatic carbocycles. The van der Waals surface area contributed by atoms with Crippen molar-refractivity contribution in [1.29, 1.82) is 0 Å². The van der Waals surface area contributed by atoms with Gasteiger partial charge in [-0.1, -0.05) is 6.07 Å². The van der Waals surface area contributed by atoms with Gasteiger partial charge in [-0.25, -0.2) is 9.07 Å². The second kappa shape index (κ2) is 7.35. The number of methoxy groups -OCH3 is 1. The van der Waals surface area contributed by atoms with Crippen molar-refractivity contribution in [2.75, 3.05) is 12.4 Å². The Morgan fingerprint density at radius 1 is 1.24 bits per heavy atom. The number of anilines is 1. The van der Waals surface area contributed by atoms with Crippen molar-refractivity contribution < 1.29 is 13.9 Å². The van der Waals surface area contributed by atoms with E-state index < -0.39 is 5.82 Å². The first-order valence-electron chi connectivity index (χ1n) is 7.32. The van der Waals surface area contributed by atoms with E-state index in [4.69, 9.17) is 4.74 Å². The summed E-state index contributed by atoms with van der Waals surface area (Å²) in [7, 11) is 1.39. The van der Waals surface area contributed by atoms with Crippen LogP contribution < -0.4 is 10.1 Å². The lowest BCUT2D eigenvalue weighted by atomic mass is 10.2. The van der Waals surface area contributed by atoms with Crippen LogP contribution in [0.2, 0.25) is 0 Å². The summed E-state index contributed by atoms with van der Waals surface area (Å²) >= 11 is 0. The van der Waals surface area contributed by atoms with Gasteiger partial charge in [0, 0.05) is 11.8 Å². The SMILES string of the molecule is COc1ccc(/C=C/C(=O)Nc2ccc(-n3cnnn3)cc2)cc1F. The topological polar surface area (TPSA) is 81.9 Å². The van der Waals surface area contributed by atoms with Crippen LogP contribution in [-0.4, -0.2) is 33.2 Å². The van der Waals surface area contributed by atoms with Crippen molar-refractivity contribution >= 4 is 17.7 Å². The van der Waals surface area contributed by atoms with Crippen molar-refractivity contribution in [2.24, 2.45) is 0 Å². The number of tetrazole rings is 1. The van der Waals surface area contributed by atoms with Gasteiger partial charge in [0.25, 0.3) is 0 Å². The fraction of sp³-hybridized carbons (Fsp3) is 0.0588. The molecule has 0 radical (unpaired) electrons. The standard InChI is InChI=1S/C17H14FN5O2/c1-25-16-8-2-12(10-15(16)18)3-9-17(24)20-13-4-6-14(7-5-13)23-11-19-21-22-23/h2-11H,1H3,(H,20,24)/b9-3+. The van der Waals surface area contributed by atoms with Gasteiger partial charge in [0.1, 0.15) is 6.33 Å². The van der Waals surface area contributed by atoms with E-state index in [2.05, 4.69) is 20.8 Å². The molecule has 1 amide bonds. The Hall–Kier alpha value is -3.55. The molecule has 3 aromatic rings. The summed E-state index contributed by atoms with van der Waals surface area (Å²) in [5.74, 6) is -0.654. The Bertz CT molecular complexity index is 892. The van der Waals surface area contributed by atoms with Crippen LogP contribution in [0.15, 0.2) is 54.9 Å². The average Bonchev–Trinajstić information content (AvgIpc) is 3.15. The van der Waals surface area contributed by atoms with Gasteiger partial charge in [-0.15, -0.1) is 5.10 Å². The molecule has 0 spiro atoms. The first-order chi connectivity index (χ1) is 12.2. The van der Waals surface area contributed by atoms with Gasteiger partial charge in [0.05, 0.1) is 12.8 Å². The molecule has 1 heterocycles. The number of amides is 1. The number of hydrogen-bond acceptors (Lipinski definition) is 5. The number of halogens is 1. The van der Waals surface area contributed by atoms with Crippen LogP contribution in [0.5, 0.6) is 5.75 Å². The molecule has 0 unspecified atom stereocenters. The molecule has 25 heavy (non-hydrogen) atoms. The van der Waals surface area contributed by atoms with Crippen molar-refractivity contribution in [3.63, 3.8) is 0 Å². The van der Waals surface area contributed by atoms with Crippen molar-refractivity contribution in [3.05, 3.63) is 66.2 Å². The van der Waals surface area contributed by atoms with Gasteiger partial charge in [0.15, 0.2) is 11.6 Å². The maximum atomic E-state index is 13.6. The molecule has 8 heteroatoms. The Morgan fingerprint density at radius 3 is 2.68 bits per heavy atom. The zero-order valence-corrected chi connectivity index (χ0v) is 13.3. The zero-order chi connectivity index (χ0) is 17.6. The Balaban J connectivity index is 1.63. The molecule has 2 aromatic carbocycles. The number of nitrogens with one attached hydrogen (secondary N) is 1. The number of carbonyl (C=O) groups is 1. The minimum Gasteiger partial charge on any atom is -0.494 e. The van der Waals surface area contributed by atoms with Crippen molar-refractivity contribution in [1.82, 2.24) is 20.2 Å². The number of carbonyl (C=O) groups excluding carboxylic acids is 1. The molecule has 126 valence electrons. The highest BCUT2D eigenvalue weighted by Crippen LogP contribution is 2.18. The fourth-order valence-corrected chi connectivity index (χ4v) is 2.12. The molecule has 0 fully saturated rings. The van der Waals surface area contributed by atoms with E-state index in [1.54, 1.807) is 30.3 Å². The third-order valence-corrected chi connectivity index (χ3v) is 3.35. The summed E-state index contributed by atoms with van der Waals surface area (Å²) in [6.07, 6.45) is 4.33. The number of hydrogen-bond donors (Lipinski definition) is 1. The summed E-state index contributed by atoms with van der Waals surface area (Å²) in [6.45, 7) is 0. The second-order valence-corrected chi connectivity index (χ2v) is 5.02. The summed E-state index contributed by atoms with van der Waals surface area (Å²) in [6, 6.07) is 11.5. The van der Waals surface area contributed by atoms with E-state index in [1.807, 2.05) is 0 Å². The number of ether oxygens (including phenoxy) is 1. The third kappa shape index (κ3) is 4.05. The van der Waals surface area contributed by atoms with Gasteiger partial charge in [-0.2, -0.15) is 0 Å². The molecule has 0 atom stereocenters. The van der Waals surface area contributed by atoms with E-state index >= 15 is 0 Å². The summed E-state index contributed by atoms with van der Waals surface area (Å²) < 4.78 is 20.0. The monoisotopic (exact) mass is 339 g/mol. The molecule has 0 bridgehead atoms. The molecule has 0 saturated carbocycles. The minimum absolute atomic E-state index is 0.157. The number of nitrogens with zero attached hydrogens (tertiary/aromatic N) is 4. The predicted molar refractivity (Wildman–Crippen MR) is 89.8 cm³/mol. The van der Waals surface area contributed by atoms with E-state index in [0.29, 0.717) is 11.3 Å². The van der Waals surface area contributed by atoms with E-state index in [1.165, 1.54) is 42.4 Å². The predicted octanol–water partition coefficient (Wildman–Crippen LogP) is 2.46. The molecule has 0 aliphatic heterocycles. The lowest BCUT2D eigenvalue weighted by Gasteiger charge is -2.04. The number of benzene rings is 2. The third-order valence-electron chi connectivity index (χ3n) is 3.35. The number of rotatable bonds is 5. The molecule has 0 aliphatic rings. The van der Waals surface area contributed by atoms with Crippen molar-refractivity contribution in [3.8, 4) is 11.4 Å². The lowest BCUT2D eigenvalue weighted by Crippen LogP contribution is -2.07. The summed E-state index contributed by atoms with van der Waals surface area (Å²) in [4.78, 5) is 12.0. The molecule has 3 rings (SSSR count). The van der Waals surface area contributed by atoms with E-state index in [-0.39, 0.29) is 11.7 Å². The zero-order valence-electron chi connectivity index (χ0n) is 13.3. The highest BCUT2D eigenvalue weighted by atomic mass is 19.1. The normalized spacial score (nSPS) is 10.8. The summed E-state index contributed by atoms with van der Waals surface area (Å²) in [5.41, 5.74) is 1.95. The highest BCUT2D eigenvalue weighted by Gasteiger charge is 2.03. The van der Waals surface area contributed by atoms with Crippen molar-refractivity contribution in [2.45, 2.75) is 0 Å². The van der Waals surface area contributed by atoms with Crippen LogP contribution in [0.4, 0.5) is 10.1 Å². The molecule has 0 saturated heterocycles. The molecular formula is C17H14FN5O2. The maximum Gasteiger partial charge on any atom is 0.248 e. The Labute approximate surface area is 142 Å². The molecule has 1 aromatic heterocycles. The van der Waals surface area contributed by atoms with Gasteiger partial charge in [-0.05, 0) is 58.5 Å². The fourth-order valence-electron chi connectivity index (χ4n) is 2.12. The quantitative estimate of drug-likeness (QED) is 0.722. The first-order valence-corrected chi connectivity index (χ1v) is 7.32. The van der Waals surface area contributed by atoms with Crippen LogP contribution in [0.25, 0.3) is 11.8 Å². The highest BCUT2D eigenvalue weighted by molar-refractivity contribution is 6.01. The molecule has 1 N–H and O–H groups in total. The Kier molecular flexibility index (Phi) is 4.79. The maximum absolute atomic E-state index is 13.6. The van der Waals surface area contributed by atoms with E-state index in [9.17, 15) is 9.18 Å². The van der Waals surface area contributed by atoms with Crippen LogP contribution in [0.3, 0.4) is 0 Å². The van der Waals surface area contributed by atoms with Crippen LogP contribution in [0, 0.1) is 5.82 Å². The molecule has 7 nitrogen and oxygen atoms in total. The average molecular weight is 339 g/mol.